The van der Waals surface area contributed by atoms with Gasteiger partial charge in [0.1, 0.15) is 5.75 Å². The second-order valence-electron chi connectivity index (χ2n) is 5.31. The zero-order valence-electron chi connectivity index (χ0n) is 11.9. The van der Waals surface area contributed by atoms with Gasteiger partial charge in [-0.2, -0.15) is 0 Å². The van der Waals surface area contributed by atoms with Crippen molar-refractivity contribution >= 4 is 17.5 Å². The Morgan fingerprint density at radius 1 is 1.21 bits per heavy atom. The van der Waals surface area contributed by atoms with Crippen LogP contribution in [-0.2, 0) is 0 Å². The van der Waals surface area contributed by atoms with Crippen LogP contribution in [0.15, 0.2) is 35.4 Å². The third-order valence-corrected chi connectivity index (χ3v) is 5.32. The molecule has 0 spiro atoms. The third kappa shape index (κ3) is 2.86. The molecule has 19 heavy (non-hydrogen) atoms. The highest BCUT2D eigenvalue weighted by Crippen LogP contribution is 2.41. The van der Waals surface area contributed by atoms with Crippen molar-refractivity contribution in [3.05, 3.63) is 41.0 Å². The van der Waals surface area contributed by atoms with Crippen LogP contribution >= 0.6 is 11.8 Å². The SMILES string of the molecule is COc1ccc(C(=O)C2(C)CC(C)=C(C)CS2)cc1. The molecular weight excluding hydrogens is 256 g/mol. The van der Waals surface area contributed by atoms with E-state index in [1.165, 1.54) is 11.1 Å². The topological polar surface area (TPSA) is 26.3 Å². The Balaban J connectivity index is 2.23. The summed E-state index contributed by atoms with van der Waals surface area (Å²) in [4.78, 5) is 12.7. The first-order valence-corrected chi connectivity index (χ1v) is 7.43. The number of thioether (sulfide) groups is 1. The molecule has 102 valence electrons. The van der Waals surface area contributed by atoms with E-state index in [1.54, 1.807) is 18.9 Å². The van der Waals surface area contributed by atoms with Gasteiger partial charge in [0.15, 0.2) is 5.78 Å². The number of benzene rings is 1. The molecule has 2 rings (SSSR count). The minimum Gasteiger partial charge on any atom is -0.497 e. The lowest BCUT2D eigenvalue weighted by atomic mass is 9.90. The van der Waals surface area contributed by atoms with Crippen molar-refractivity contribution < 1.29 is 9.53 Å². The molecule has 0 aliphatic carbocycles. The van der Waals surface area contributed by atoms with Gasteiger partial charge in [0.25, 0.3) is 0 Å². The van der Waals surface area contributed by atoms with Crippen molar-refractivity contribution in [2.45, 2.75) is 31.9 Å². The van der Waals surface area contributed by atoms with Crippen molar-refractivity contribution in [2.75, 3.05) is 12.9 Å². The Kier molecular flexibility index (Phi) is 4.04. The molecular formula is C16H20O2S. The fourth-order valence-electron chi connectivity index (χ4n) is 2.29. The fourth-order valence-corrected chi connectivity index (χ4v) is 3.64. The summed E-state index contributed by atoms with van der Waals surface area (Å²) in [5.41, 5.74) is 3.52. The number of methoxy groups -OCH3 is 1. The molecule has 0 saturated heterocycles. The summed E-state index contributed by atoms with van der Waals surface area (Å²) >= 11 is 1.75. The minimum atomic E-state index is -0.335. The van der Waals surface area contributed by atoms with Gasteiger partial charge in [-0.05, 0) is 51.5 Å². The number of hydrogen-bond acceptors (Lipinski definition) is 3. The average Bonchev–Trinajstić information content (AvgIpc) is 2.43. The first-order valence-electron chi connectivity index (χ1n) is 6.44. The zero-order valence-corrected chi connectivity index (χ0v) is 12.8. The van der Waals surface area contributed by atoms with Crippen LogP contribution in [-0.4, -0.2) is 23.4 Å². The maximum absolute atomic E-state index is 12.7. The summed E-state index contributed by atoms with van der Waals surface area (Å²) in [6.07, 6.45) is 0.842. The molecule has 1 aromatic carbocycles. The summed E-state index contributed by atoms with van der Waals surface area (Å²) in [5.74, 6) is 1.95. The number of hydrogen-bond donors (Lipinski definition) is 0. The molecule has 0 aromatic heterocycles. The van der Waals surface area contributed by atoms with Crippen molar-refractivity contribution in [3.8, 4) is 5.75 Å². The van der Waals surface area contributed by atoms with Gasteiger partial charge in [0.2, 0.25) is 0 Å². The number of allylic oxidation sites excluding steroid dienone is 1. The van der Waals surface area contributed by atoms with Crippen molar-refractivity contribution in [1.82, 2.24) is 0 Å². The van der Waals surface area contributed by atoms with Gasteiger partial charge in [-0.15, -0.1) is 11.8 Å². The Labute approximate surface area is 119 Å². The van der Waals surface area contributed by atoms with Gasteiger partial charge in [-0.25, -0.2) is 0 Å². The van der Waals surface area contributed by atoms with Crippen LogP contribution in [0.5, 0.6) is 5.75 Å². The average molecular weight is 276 g/mol. The predicted octanol–water partition coefficient (Wildman–Crippen LogP) is 4.11. The molecule has 1 atom stereocenters. The van der Waals surface area contributed by atoms with Gasteiger partial charge in [-0.1, -0.05) is 11.1 Å². The zero-order chi connectivity index (χ0) is 14.0. The summed E-state index contributed by atoms with van der Waals surface area (Å²) in [7, 11) is 1.63. The van der Waals surface area contributed by atoms with Gasteiger partial charge < -0.3 is 4.74 Å². The largest absolute Gasteiger partial charge is 0.497 e. The molecule has 1 aliphatic heterocycles. The van der Waals surface area contributed by atoms with Crippen LogP contribution in [0.2, 0.25) is 0 Å². The van der Waals surface area contributed by atoms with Crippen LogP contribution in [0.3, 0.4) is 0 Å². The normalized spacial score (nSPS) is 23.4. The van der Waals surface area contributed by atoms with E-state index in [9.17, 15) is 4.79 Å². The van der Waals surface area contributed by atoms with Gasteiger partial charge in [-0.3, -0.25) is 4.79 Å². The van der Waals surface area contributed by atoms with E-state index in [4.69, 9.17) is 4.74 Å². The molecule has 0 radical (unpaired) electrons. The van der Waals surface area contributed by atoms with Crippen LogP contribution in [0.25, 0.3) is 0 Å². The van der Waals surface area contributed by atoms with Crippen molar-refractivity contribution in [3.63, 3.8) is 0 Å². The molecule has 1 aliphatic rings. The number of ketones is 1. The minimum absolute atomic E-state index is 0.215. The Morgan fingerprint density at radius 2 is 1.84 bits per heavy atom. The van der Waals surface area contributed by atoms with Gasteiger partial charge >= 0.3 is 0 Å². The smallest absolute Gasteiger partial charge is 0.178 e. The Bertz CT molecular complexity index is 516. The van der Waals surface area contributed by atoms with E-state index < -0.39 is 0 Å². The molecule has 1 aromatic rings. The highest BCUT2D eigenvalue weighted by atomic mass is 32.2. The maximum Gasteiger partial charge on any atom is 0.178 e. The van der Waals surface area contributed by atoms with E-state index in [0.29, 0.717) is 0 Å². The molecule has 0 bridgehead atoms. The Morgan fingerprint density at radius 3 is 2.37 bits per heavy atom. The summed E-state index contributed by atoms with van der Waals surface area (Å²) in [6.45, 7) is 6.34. The summed E-state index contributed by atoms with van der Waals surface area (Å²) in [6, 6.07) is 7.40. The van der Waals surface area contributed by atoms with E-state index in [-0.39, 0.29) is 10.5 Å². The monoisotopic (exact) mass is 276 g/mol. The number of carbonyl (C=O) groups excluding carboxylic acids is 1. The fraction of sp³-hybridized carbons (Fsp3) is 0.438. The second-order valence-corrected chi connectivity index (χ2v) is 6.79. The van der Waals surface area contributed by atoms with Crippen LogP contribution in [0.1, 0.15) is 37.6 Å². The van der Waals surface area contributed by atoms with Crippen LogP contribution in [0.4, 0.5) is 0 Å². The molecule has 0 saturated carbocycles. The highest BCUT2D eigenvalue weighted by Gasteiger charge is 2.37. The van der Waals surface area contributed by atoms with E-state index >= 15 is 0 Å². The summed E-state index contributed by atoms with van der Waals surface area (Å²) in [5, 5.41) is 0. The number of carbonyl (C=O) groups is 1. The van der Waals surface area contributed by atoms with Crippen LogP contribution < -0.4 is 4.74 Å². The third-order valence-electron chi connectivity index (χ3n) is 3.77. The Hall–Kier alpha value is -1.22. The second kappa shape index (κ2) is 5.41. The molecule has 0 fully saturated rings. The first kappa shape index (κ1) is 14.2. The van der Waals surface area contributed by atoms with Crippen molar-refractivity contribution in [2.24, 2.45) is 0 Å². The lowest BCUT2D eigenvalue weighted by Gasteiger charge is -2.33. The summed E-state index contributed by atoms with van der Waals surface area (Å²) < 4.78 is 4.79. The van der Waals surface area contributed by atoms with Gasteiger partial charge in [0, 0.05) is 11.3 Å². The number of rotatable bonds is 3. The maximum atomic E-state index is 12.7. The molecule has 2 nitrogen and oxygen atoms in total. The number of ether oxygens (including phenoxy) is 1. The van der Waals surface area contributed by atoms with E-state index in [0.717, 1.165) is 23.5 Å². The van der Waals surface area contributed by atoms with Gasteiger partial charge in [0.05, 0.1) is 11.9 Å². The standard InChI is InChI=1S/C16H20O2S/c1-11-9-16(3,19-10-12(11)2)15(17)13-5-7-14(18-4)8-6-13/h5-8H,9-10H2,1-4H3. The van der Waals surface area contributed by atoms with E-state index in [1.807, 2.05) is 24.3 Å². The molecule has 1 heterocycles. The quantitative estimate of drug-likeness (QED) is 0.614. The lowest BCUT2D eigenvalue weighted by molar-refractivity contribution is 0.0949. The first-order chi connectivity index (χ1) is 8.96. The molecule has 0 amide bonds. The predicted molar refractivity (Wildman–Crippen MR) is 81.2 cm³/mol. The van der Waals surface area contributed by atoms with E-state index in [2.05, 4.69) is 20.8 Å². The van der Waals surface area contributed by atoms with Crippen LogP contribution in [0, 0.1) is 0 Å². The number of Topliss-reactive ketones (excluding diaryl/α,β-unsaturated/α-hetero) is 1. The highest BCUT2D eigenvalue weighted by molar-refractivity contribution is 8.01. The molecule has 1 unspecified atom stereocenters. The lowest BCUT2D eigenvalue weighted by Crippen LogP contribution is -2.35. The molecule has 3 heteroatoms. The molecule has 0 N–H and O–H groups in total. The van der Waals surface area contributed by atoms with Crippen molar-refractivity contribution in [1.29, 1.82) is 0 Å².